The first-order valence-corrected chi connectivity index (χ1v) is 3.44. The summed E-state index contributed by atoms with van der Waals surface area (Å²) in [7, 11) is 0. The van der Waals surface area contributed by atoms with Gasteiger partial charge in [0.25, 0.3) is 0 Å². The summed E-state index contributed by atoms with van der Waals surface area (Å²) in [6.45, 7) is 2.04. The number of nitrogen functional groups attached to an aromatic ring is 1. The third kappa shape index (κ3) is 1.14. The predicted octanol–water partition coefficient (Wildman–Crippen LogP) is 1.01. The number of aromatic nitrogens is 1. The molecule has 3 heteroatoms. The fourth-order valence-electron chi connectivity index (χ4n) is 0.938. The lowest BCUT2D eigenvalue weighted by molar-refractivity contribution is 0.702. The molecule has 0 aliphatic rings. The number of rotatable bonds is 2. The van der Waals surface area contributed by atoms with Crippen molar-refractivity contribution in [3.8, 4) is 0 Å². The van der Waals surface area contributed by atoms with E-state index in [0.717, 1.165) is 12.0 Å². The number of aromatic amines is 1. The van der Waals surface area contributed by atoms with E-state index in [4.69, 9.17) is 11.5 Å². The number of H-pyrrole nitrogens is 1. The Kier molecular flexibility index (Phi) is 1.97. The van der Waals surface area contributed by atoms with E-state index in [-0.39, 0.29) is 6.04 Å². The summed E-state index contributed by atoms with van der Waals surface area (Å²) in [5.41, 5.74) is 12.3. The molecular formula is C7H13N3. The normalized spacial score (nSPS) is 13.4. The fourth-order valence-corrected chi connectivity index (χ4v) is 0.938. The molecule has 1 aromatic heterocycles. The Morgan fingerprint density at radius 2 is 2.40 bits per heavy atom. The summed E-state index contributed by atoms with van der Waals surface area (Å²) >= 11 is 0. The lowest BCUT2D eigenvalue weighted by Gasteiger charge is -2.06. The molecule has 1 unspecified atom stereocenters. The van der Waals surface area contributed by atoms with Crippen molar-refractivity contribution in [1.82, 2.24) is 4.98 Å². The van der Waals surface area contributed by atoms with Gasteiger partial charge in [-0.3, -0.25) is 0 Å². The zero-order valence-electron chi connectivity index (χ0n) is 6.09. The van der Waals surface area contributed by atoms with E-state index in [2.05, 4.69) is 4.98 Å². The molecule has 0 amide bonds. The Morgan fingerprint density at radius 1 is 1.70 bits per heavy atom. The van der Waals surface area contributed by atoms with Gasteiger partial charge in [-0.25, -0.2) is 0 Å². The zero-order valence-corrected chi connectivity index (χ0v) is 6.09. The van der Waals surface area contributed by atoms with E-state index < -0.39 is 0 Å². The van der Waals surface area contributed by atoms with Crippen molar-refractivity contribution in [2.45, 2.75) is 19.4 Å². The summed E-state index contributed by atoms with van der Waals surface area (Å²) in [6, 6.07) is 2.00. The highest BCUT2D eigenvalue weighted by atomic mass is 14.8. The van der Waals surface area contributed by atoms with Gasteiger partial charge in [-0.15, -0.1) is 0 Å². The molecule has 0 spiro atoms. The van der Waals surface area contributed by atoms with Crippen LogP contribution in [0.15, 0.2) is 12.3 Å². The van der Waals surface area contributed by atoms with Crippen LogP contribution in [-0.4, -0.2) is 4.98 Å². The summed E-state index contributed by atoms with van der Waals surface area (Å²) in [4.78, 5) is 2.88. The van der Waals surface area contributed by atoms with E-state index >= 15 is 0 Å². The minimum absolute atomic E-state index is 0.0752. The average Bonchev–Trinajstić information content (AvgIpc) is 2.34. The summed E-state index contributed by atoms with van der Waals surface area (Å²) < 4.78 is 0. The highest BCUT2D eigenvalue weighted by Gasteiger charge is 2.06. The molecule has 10 heavy (non-hydrogen) atoms. The van der Waals surface area contributed by atoms with Crippen LogP contribution in [0, 0.1) is 0 Å². The van der Waals surface area contributed by atoms with E-state index in [1.165, 1.54) is 0 Å². The van der Waals surface area contributed by atoms with Gasteiger partial charge in [-0.2, -0.15) is 0 Å². The number of hydrogen-bond donors (Lipinski definition) is 3. The van der Waals surface area contributed by atoms with Crippen molar-refractivity contribution in [3.05, 3.63) is 17.8 Å². The van der Waals surface area contributed by atoms with Crippen LogP contribution in [0.25, 0.3) is 0 Å². The molecule has 56 valence electrons. The smallest absolute Gasteiger partial charge is 0.105 e. The third-order valence-corrected chi connectivity index (χ3v) is 1.65. The van der Waals surface area contributed by atoms with Crippen molar-refractivity contribution >= 4 is 5.82 Å². The first kappa shape index (κ1) is 7.15. The fraction of sp³-hybridized carbons (Fsp3) is 0.429. The second-order valence-corrected chi connectivity index (χ2v) is 2.36. The van der Waals surface area contributed by atoms with Gasteiger partial charge in [0.2, 0.25) is 0 Å². The summed E-state index contributed by atoms with van der Waals surface area (Å²) in [6.07, 6.45) is 2.72. The molecule has 1 atom stereocenters. The van der Waals surface area contributed by atoms with Crippen LogP contribution in [0.2, 0.25) is 0 Å². The summed E-state index contributed by atoms with van der Waals surface area (Å²) in [5, 5.41) is 0. The maximum atomic E-state index is 5.74. The predicted molar refractivity (Wildman–Crippen MR) is 42.4 cm³/mol. The molecule has 1 rings (SSSR count). The molecule has 3 nitrogen and oxygen atoms in total. The number of nitrogens with two attached hydrogens (primary N) is 2. The van der Waals surface area contributed by atoms with Crippen LogP contribution >= 0.6 is 0 Å². The average molecular weight is 139 g/mol. The van der Waals surface area contributed by atoms with E-state index in [9.17, 15) is 0 Å². The summed E-state index contributed by atoms with van der Waals surface area (Å²) in [5.74, 6) is 0.689. The van der Waals surface area contributed by atoms with Crippen molar-refractivity contribution in [2.75, 3.05) is 5.73 Å². The Bertz CT molecular complexity index is 204. The van der Waals surface area contributed by atoms with E-state index in [0.29, 0.717) is 5.82 Å². The van der Waals surface area contributed by atoms with Crippen LogP contribution in [0.4, 0.5) is 5.82 Å². The van der Waals surface area contributed by atoms with Gasteiger partial charge in [0.05, 0.1) is 0 Å². The third-order valence-electron chi connectivity index (χ3n) is 1.65. The molecule has 1 heterocycles. The quantitative estimate of drug-likeness (QED) is 0.572. The molecule has 0 saturated carbocycles. The molecule has 0 radical (unpaired) electrons. The van der Waals surface area contributed by atoms with Gasteiger partial charge in [0.15, 0.2) is 0 Å². The van der Waals surface area contributed by atoms with Crippen molar-refractivity contribution in [1.29, 1.82) is 0 Å². The largest absolute Gasteiger partial charge is 0.385 e. The maximum absolute atomic E-state index is 5.74. The van der Waals surface area contributed by atoms with Gasteiger partial charge >= 0.3 is 0 Å². The van der Waals surface area contributed by atoms with E-state index in [1.54, 1.807) is 6.20 Å². The second-order valence-electron chi connectivity index (χ2n) is 2.36. The second kappa shape index (κ2) is 2.75. The Morgan fingerprint density at radius 3 is 2.80 bits per heavy atom. The molecule has 5 N–H and O–H groups in total. The monoisotopic (exact) mass is 139 g/mol. The molecule has 0 fully saturated rings. The number of nitrogens with one attached hydrogen (secondary N) is 1. The lowest BCUT2D eigenvalue weighted by Crippen LogP contribution is -2.09. The van der Waals surface area contributed by atoms with Crippen LogP contribution < -0.4 is 11.5 Å². The lowest BCUT2D eigenvalue weighted by atomic mass is 10.1. The molecule has 0 aliphatic carbocycles. The van der Waals surface area contributed by atoms with Gasteiger partial charge < -0.3 is 16.5 Å². The van der Waals surface area contributed by atoms with Gasteiger partial charge in [0, 0.05) is 17.8 Å². The molecule has 1 aromatic rings. The zero-order chi connectivity index (χ0) is 7.56. The molecule has 0 bridgehead atoms. The number of hydrogen-bond acceptors (Lipinski definition) is 2. The Labute approximate surface area is 60.4 Å². The van der Waals surface area contributed by atoms with Crippen LogP contribution in [0.1, 0.15) is 24.9 Å². The van der Waals surface area contributed by atoms with Crippen molar-refractivity contribution in [3.63, 3.8) is 0 Å². The van der Waals surface area contributed by atoms with Crippen LogP contribution in [0.5, 0.6) is 0 Å². The number of anilines is 1. The molecule has 0 aromatic carbocycles. The van der Waals surface area contributed by atoms with Gasteiger partial charge in [0.1, 0.15) is 5.82 Å². The minimum atomic E-state index is 0.0752. The minimum Gasteiger partial charge on any atom is -0.385 e. The van der Waals surface area contributed by atoms with Crippen LogP contribution in [-0.2, 0) is 0 Å². The standard InChI is InChI=1S/C7H13N3/c1-2-6(8)5-3-4-10-7(5)9/h3-4,6,10H,2,8-9H2,1H3. The molecular weight excluding hydrogens is 126 g/mol. The SMILES string of the molecule is CCC(N)c1cc[nH]c1N. The first-order valence-electron chi connectivity index (χ1n) is 3.44. The van der Waals surface area contributed by atoms with Crippen LogP contribution in [0.3, 0.4) is 0 Å². The molecule has 0 aliphatic heterocycles. The maximum Gasteiger partial charge on any atom is 0.105 e. The Hall–Kier alpha value is -0.960. The van der Waals surface area contributed by atoms with E-state index in [1.807, 2.05) is 13.0 Å². The van der Waals surface area contributed by atoms with Crippen molar-refractivity contribution < 1.29 is 0 Å². The van der Waals surface area contributed by atoms with Gasteiger partial charge in [-0.05, 0) is 12.5 Å². The first-order chi connectivity index (χ1) is 4.75. The van der Waals surface area contributed by atoms with Crippen molar-refractivity contribution in [2.24, 2.45) is 5.73 Å². The molecule has 0 saturated heterocycles. The Balaban J connectivity index is 2.82. The van der Waals surface area contributed by atoms with Gasteiger partial charge in [-0.1, -0.05) is 6.92 Å². The topological polar surface area (TPSA) is 67.8 Å². The highest BCUT2D eigenvalue weighted by molar-refractivity contribution is 5.41. The highest BCUT2D eigenvalue weighted by Crippen LogP contribution is 2.18.